The predicted molar refractivity (Wildman–Crippen MR) is 104 cm³/mol. The molecule has 1 unspecified atom stereocenters. The molecule has 1 N–H and O–H groups in total. The zero-order valence-electron chi connectivity index (χ0n) is 15.5. The minimum Gasteiger partial charge on any atom is -0.480 e. The highest BCUT2D eigenvalue weighted by Gasteiger charge is 2.63. The first-order valence-electron chi connectivity index (χ1n) is 8.98. The topological polar surface area (TPSA) is 95.0 Å². The Hall–Kier alpha value is -3.19. The lowest BCUT2D eigenvalue weighted by Gasteiger charge is -2.22. The number of hydrogen-bond donors (Lipinski definition) is 1. The number of halogens is 1. The Morgan fingerprint density at radius 1 is 1.07 bits per heavy atom. The van der Waals surface area contributed by atoms with E-state index in [1.807, 2.05) is 31.2 Å². The second-order valence-electron chi connectivity index (χ2n) is 7.30. The number of aryl methyl sites for hydroxylation is 1. The van der Waals surface area contributed by atoms with Crippen molar-refractivity contribution in [1.82, 2.24) is 4.90 Å². The van der Waals surface area contributed by atoms with Crippen LogP contribution < -0.4 is 4.90 Å². The van der Waals surface area contributed by atoms with Crippen LogP contribution in [0.3, 0.4) is 0 Å². The number of nitrogens with zero attached hydrogens (tertiary/aromatic N) is 2. The quantitative estimate of drug-likeness (QED) is 0.614. The van der Waals surface area contributed by atoms with Crippen LogP contribution in [0.5, 0.6) is 0 Å². The van der Waals surface area contributed by atoms with Gasteiger partial charge in [0.2, 0.25) is 17.7 Å². The molecule has 0 saturated carbocycles. The van der Waals surface area contributed by atoms with E-state index in [-0.39, 0.29) is 18.5 Å². The molecule has 0 aromatic heterocycles. The van der Waals surface area contributed by atoms with Crippen molar-refractivity contribution in [3.63, 3.8) is 0 Å². The first-order chi connectivity index (χ1) is 13.7. The van der Waals surface area contributed by atoms with E-state index in [0.29, 0.717) is 10.7 Å². The number of amides is 3. The highest BCUT2D eigenvalue weighted by Crippen LogP contribution is 2.49. The summed E-state index contributed by atoms with van der Waals surface area (Å²) in [7, 11) is 0. The molecule has 1 fully saturated rings. The molecule has 148 valence electrons. The molecule has 4 rings (SSSR count). The van der Waals surface area contributed by atoms with Crippen molar-refractivity contribution < 1.29 is 24.3 Å². The van der Waals surface area contributed by atoms with Gasteiger partial charge in [0.05, 0.1) is 13.0 Å². The van der Waals surface area contributed by atoms with Crippen molar-refractivity contribution >= 4 is 41.0 Å². The van der Waals surface area contributed by atoms with Gasteiger partial charge in [0, 0.05) is 16.3 Å². The minimum absolute atomic E-state index is 0.0435. The van der Waals surface area contributed by atoms with Crippen LogP contribution in [0.25, 0.3) is 0 Å². The number of carbonyl (C=O) groups is 4. The van der Waals surface area contributed by atoms with E-state index < -0.39 is 35.7 Å². The molecule has 2 aliphatic rings. The van der Waals surface area contributed by atoms with E-state index in [1.165, 1.54) is 18.2 Å². The van der Waals surface area contributed by atoms with E-state index in [2.05, 4.69) is 0 Å². The highest BCUT2D eigenvalue weighted by atomic mass is 35.5. The minimum atomic E-state index is -1.77. The van der Waals surface area contributed by atoms with Crippen LogP contribution in [-0.4, -0.2) is 40.2 Å². The molecule has 7 nitrogen and oxygen atoms in total. The van der Waals surface area contributed by atoms with Crippen LogP contribution in [0.4, 0.5) is 5.69 Å². The number of anilines is 1. The van der Waals surface area contributed by atoms with Crippen molar-refractivity contribution in [1.29, 1.82) is 0 Å². The van der Waals surface area contributed by atoms with Gasteiger partial charge in [-0.1, -0.05) is 41.4 Å². The molecule has 2 heterocycles. The highest BCUT2D eigenvalue weighted by molar-refractivity contribution is 6.32. The summed E-state index contributed by atoms with van der Waals surface area (Å²) in [6.07, 6.45) is -0.347. The van der Waals surface area contributed by atoms with Gasteiger partial charge in [0.25, 0.3) is 0 Å². The van der Waals surface area contributed by atoms with Crippen LogP contribution in [-0.2, 0) is 31.1 Å². The molecule has 1 atom stereocenters. The van der Waals surface area contributed by atoms with Crippen molar-refractivity contribution in [2.75, 3.05) is 11.4 Å². The van der Waals surface area contributed by atoms with Gasteiger partial charge in [-0.15, -0.1) is 0 Å². The smallest absolute Gasteiger partial charge is 0.323 e. The van der Waals surface area contributed by atoms with Crippen LogP contribution in [0, 0.1) is 6.92 Å². The molecular formula is C21H17ClN2O5. The molecule has 0 radical (unpaired) electrons. The SMILES string of the molecule is Cc1ccc(CN2C(=O)CC3(C2=O)C(=O)N(CC(=O)O)c2ccc(Cl)cc23)cc1. The van der Waals surface area contributed by atoms with Gasteiger partial charge in [-0.25, -0.2) is 0 Å². The van der Waals surface area contributed by atoms with Crippen molar-refractivity contribution in [3.05, 3.63) is 64.2 Å². The maximum Gasteiger partial charge on any atom is 0.323 e. The summed E-state index contributed by atoms with van der Waals surface area (Å²) in [5.74, 6) is -3.05. The van der Waals surface area contributed by atoms with Gasteiger partial charge in [0.1, 0.15) is 6.54 Å². The Balaban J connectivity index is 1.77. The normalized spacial score (nSPS) is 20.7. The van der Waals surface area contributed by atoms with E-state index in [9.17, 15) is 24.3 Å². The maximum atomic E-state index is 13.4. The second-order valence-corrected chi connectivity index (χ2v) is 7.74. The molecule has 2 aromatic rings. The van der Waals surface area contributed by atoms with Crippen molar-refractivity contribution in [2.24, 2.45) is 0 Å². The third kappa shape index (κ3) is 2.89. The Labute approximate surface area is 171 Å². The van der Waals surface area contributed by atoms with Crippen LogP contribution in [0.2, 0.25) is 5.02 Å². The van der Waals surface area contributed by atoms with E-state index in [1.54, 1.807) is 0 Å². The summed E-state index contributed by atoms with van der Waals surface area (Å²) in [6.45, 7) is 1.37. The summed E-state index contributed by atoms with van der Waals surface area (Å²) in [5, 5.41) is 9.50. The molecule has 2 aliphatic heterocycles. The standard InChI is InChI=1S/C21H17ClN2O5/c1-12-2-4-13(5-3-12)10-24-17(25)9-21(20(24)29)15-8-14(22)6-7-16(15)23(19(21)28)11-18(26)27/h2-8H,9-11H2,1H3,(H,26,27). The van der Waals surface area contributed by atoms with E-state index in [0.717, 1.165) is 20.9 Å². The van der Waals surface area contributed by atoms with E-state index in [4.69, 9.17) is 11.6 Å². The third-order valence-electron chi connectivity index (χ3n) is 5.40. The summed E-state index contributed by atoms with van der Waals surface area (Å²) in [6, 6.07) is 11.9. The average molecular weight is 413 g/mol. The maximum absolute atomic E-state index is 13.4. The summed E-state index contributed by atoms with van der Waals surface area (Å²) in [5.41, 5.74) is 0.607. The monoisotopic (exact) mass is 412 g/mol. The van der Waals surface area contributed by atoms with Gasteiger partial charge < -0.3 is 5.11 Å². The molecule has 8 heteroatoms. The Morgan fingerprint density at radius 2 is 1.72 bits per heavy atom. The number of hydrogen-bond acceptors (Lipinski definition) is 4. The van der Waals surface area contributed by atoms with Gasteiger partial charge in [-0.3, -0.25) is 29.0 Å². The number of carboxylic acids is 1. The van der Waals surface area contributed by atoms with Gasteiger partial charge in [-0.2, -0.15) is 0 Å². The molecule has 1 saturated heterocycles. The number of rotatable bonds is 4. The Morgan fingerprint density at radius 3 is 2.38 bits per heavy atom. The Bertz CT molecular complexity index is 1070. The predicted octanol–water partition coefficient (Wildman–Crippen LogP) is 2.28. The summed E-state index contributed by atoms with van der Waals surface area (Å²) >= 11 is 6.10. The van der Waals surface area contributed by atoms with Crippen LogP contribution in [0.15, 0.2) is 42.5 Å². The third-order valence-corrected chi connectivity index (χ3v) is 5.64. The van der Waals surface area contributed by atoms with Crippen LogP contribution >= 0.6 is 11.6 Å². The number of aliphatic carboxylic acids is 1. The number of likely N-dealkylation sites (tertiary alicyclic amines) is 1. The first-order valence-corrected chi connectivity index (χ1v) is 9.36. The zero-order chi connectivity index (χ0) is 20.9. The molecule has 29 heavy (non-hydrogen) atoms. The fourth-order valence-electron chi connectivity index (χ4n) is 3.99. The largest absolute Gasteiger partial charge is 0.480 e. The molecule has 0 bridgehead atoms. The average Bonchev–Trinajstić information content (AvgIpc) is 3.04. The molecular weight excluding hydrogens is 396 g/mol. The lowest BCUT2D eigenvalue weighted by Crippen LogP contribution is -2.47. The van der Waals surface area contributed by atoms with Crippen molar-refractivity contribution in [2.45, 2.75) is 25.3 Å². The number of imide groups is 1. The lowest BCUT2D eigenvalue weighted by molar-refractivity contribution is -0.143. The Kier molecular flexibility index (Phi) is 4.42. The first kappa shape index (κ1) is 19.1. The molecule has 0 aliphatic carbocycles. The number of carbonyl (C=O) groups excluding carboxylic acids is 3. The number of carboxylic acid groups (broad SMARTS) is 1. The van der Waals surface area contributed by atoms with Gasteiger partial charge in [0.15, 0.2) is 5.41 Å². The molecule has 3 amide bonds. The van der Waals surface area contributed by atoms with Crippen LogP contribution in [0.1, 0.15) is 23.1 Å². The molecule has 1 spiro atoms. The van der Waals surface area contributed by atoms with Gasteiger partial charge in [-0.05, 0) is 30.7 Å². The van der Waals surface area contributed by atoms with Crippen molar-refractivity contribution in [3.8, 4) is 0 Å². The fourth-order valence-corrected chi connectivity index (χ4v) is 4.16. The van der Waals surface area contributed by atoms with Gasteiger partial charge >= 0.3 is 5.97 Å². The summed E-state index contributed by atoms with van der Waals surface area (Å²) in [4.78, 5) is 52.8. The second kappa shape index (κ2) is 6.70. The zero-order valence-corrected chi connectivity index (χ0v) is 16.3. The summed E-state index contributed by atoms with van der Waals surface area (Å²) < 4.78 is 0. The fraction of sp³-hybridized carbons (Fsp3) is 0.238. The lowest BCUT2D eigenvalue weighted by atomic mass is 9.80. The van der Waals surface area contributed by atoms with E-state index >= 15 is 0 Å². The number of benzene rings is 2. The number of fused-ring (bicyclic) bond motifs is 2. The molecule has 2 aromatic carbocycles.